The topological polar surface area (TPSA) is 46.2 Å². The Morgan fingerprint density at radius 2 is 2.06 bits per heavy atom. The molecule has 1 aromatic carbocycles. The van der Waals surface area contributed by atoms with Gasteiger partial charge in [-0.1, -0.05) is 22.5 Å². The van der Waals surface area contributed by atoms with Crippen molar-refractivity contribution in [1.29, 1.82) is 0 Å². The van der Waals surface area contributed by atoms with Gasteiger partial charge in [0.15, 0.2) is 0 Å². The smallest absolute Gasteiger partial charge is 0.207 e. The van der Waals surface area contributed by atoms with Crippen molar-refractivity contribution >= 4 is 26.0 Å². The fourth-order valence-corrected chi connectivity index (χ4v) is 2.35. The Hall–Kier alpha value is -0.790. The summed E-state index contributed by atoms with van der Waals surface area (Å²) in [5.74, 6) is -1.96. The number of benzene rings is 1. The molecule has 3 nitrogen and oxygen atoms in total. The van der Waals surface area contributed by atoms with Crippen LogP contribution >= 0.6 is 15.9 Å². The lowest BCUT2D eigenvalue weighted by Gasteiger charge is -2.06. The van der Waals surface area contributed by atoms with E-state index in [2.05, 4.69) is 27.2 Å². The van der Waals surface area contributed by atoms with E-state index in [1.165, 1.54) is 0 Å². The molecule has 16 heavy (non-hydrogen) atoms. The molecule has 0 spiro atoms. The summed E-state index contributed by atoms with van der Waals surface area (Å²) in [6.45, 7) is 3.35. The number of halogens is 3. The third kappa shape index (κ3) is 3.36. The molecule has 0 saturated heterocycles. The molecule has 1 aromatic rings. The normalized spacial score (nSPS) is 11.4. The molecule has 0 unspecified atom stereocenters. The largest absolute Gasteiger partial charge is 0.243 e. The maximum Gasteiger partial charge on any atom is 0.243 e. The number of hydrogen-bond donors (Lipinski definition) is 1. The highest BCUT2D eigenvalue weighted by atomic mass is 79.9. The van der Waals surface area contributed by atoms with Crippen molar-refractivity contribution in [2.24, 2.45) is 0 Å². The Bertz CT molecular complexity index is 516. The van der Waals surface area contributed by atoms with Crippen LogP contribution in [0.2, 0.25) is 0 Å². The molecular formula is C9H8BrF2NO2S. The molecule has 0 heterocycles. The van der Waals surface area contributed by atoms with E-state index < -0.39 is 26.6 Å². The first-order chi connectivity index (χ1) is 7.33. The zero-order valence-electron chi connectivity index (χ0n) is 8.00. The van der Waals surface area contributed by atoms with Gasteiger partial charge in [-0.25, -0.2) is 21.9 Å². The number of rotatable bonds is 4. The molecular weight excluding hydrogens is 304 g/mol. The van der Waals surface area contributed by atoms with Crippen molar-refractivity contribution in [2.75, 3.05) is 6.54 Å². The molecule has 88 valence electrons. The fourth-order valence-electron chi connectivity index (χ4n) is 0.944. The second-order valence-corrected chi connectivity index (χ2v) is 5.77. The zero-order chi connectivity index (χ0) is 12.3. The van der Waals surface area contributed by atoms with E-state index in [9.17, 15) is 17.2 Å². The minimum atomic E-state index is -3.99. The van der Waals surface area contributed by atoms with Gasteiger partial charge in [-0.05, 0) is 12.1 Å². The van der Waals surface area contributed by atoms with Gasteiger partial charge in [0, 0.05) is 17.1 Å². The molecule has 0 bridgehead atoms. The molecule has 0 aliphatic carbocycles. The average Bonchev–Trinajstić information content (AvgIpc) is 2.14. The lowest BCUT2D eigenvalue weighted by molar-refractivity contribution is 0.545. The monoisotopic (exact) mass is 311 g/mol. The summed E-state index contributed by atoms with van der Waals surface area (Å²) >= 11 is 2.95. The quantitative estimate of drug-likeness (QED) is 0.926. The average molecular weight is 312 g/mol. The molecule has 0 radical (unpaired) electrons. The van der Waals surface area contributed by atoms with Crippen LogP contribution in [0.15, 0.2) is 34.2 Å². The Balaban J connectivity index is 3.03. The number of sulfonamides is 1. The van der Waals surface area contributed by atoms with Gasteiger partial charge in [0.2, 0.25) is 10.0 Å². The number of hydrogen-bond acceptors (Lipinski definition) is 2. The lowest BCUT2D eigenvalue weighted by atomic mass is 10.3. The Kier molecular flexibility index (Phi) is 4.17. The van der Waals surface area contributed by atoms with Crippen molar-refractivity contribution < 1.29 is 17.2 Å². The molecule has 0 aliphatic heterocycles. The zero-order valence-corrected chi connectivity index (χ0v) is 10.4. The van der Waals surface area contributed by atoms with Gasteiger partial charge >= 0.3 is 0 Å². The highest BCUT2D eigenvalue weighted by molar-refractivity contribution is 9.11. The van der Waals surface area contributed by atoms with E-state index in [1.807, 2.05) is 0 Å². The van der Waals surface area contributed by atoms with Crippen molar-refractivity contribution in [1.82, 2.24) is 4.72 Å². The lowest BCUT2D eigenvalue weighted by Crippen LogP contribution is -2.25. The van der Waals surface area contributed by atoms with E-state index in [0.717, 1.165) is 12.1 Å². The van der Waals surface area contributed by atoms with Gasteiger partial charge in [-0.15, -0.1) is 0 Å². The van der Waals surface area contributed by atoms with Gasteiger partial charge in [0.1, 0.15) is 16.5 Å². The molecule has 1 N–H and O–H groups in total. The molecule has 0 amide bonds. The summed E-state index contributed by atoms with van der Waals surface area (Å²) in [7, 11) is -3.99. The standard InChI is InChI=1S/C9H8BrF2NO2S/c1-6(10)5-13-16(14,15)9-3-2-7(11)4-8(9)12/h2-4,13H,1,5H2. The van der Waals surface area contributed by atoms with Crippen LogP contribution in [0.1, 0.15) is 0 Å². The molecule has 0 saturated carbocycles. The van der Waals surface area contributed by atoms with Crippen molar-refractivity contribution in [3.63, 3.8) is 0 Å². The van der Waals surface area contributed by atoms with Gasteiger partial charge in [-0.2, -0.15) is 0 Å². The fraction of sp³-hybridized carbons (Fsp3) is 0.111. The second-order valence-electron chi connectivity index (χ2n) is 2.92. The highest BCUT2D eigenvalue weighted by Gasteiger charge is 2.18. The minimum Gasteiger partial charge on any atom is -0.207 e. The van der Waals surface area contributed by atoms with Crippen molar-refractivity contribution in [2.45, 2.75) is 4.90 Å². The third-order valence-electron chi connectivity index (χ3n) is 1.64. The molecule has 0 aromatic heterocycles. The van der Waals surface area contributed by atoms with Crippen LogP contribution in [0, 0.1) is 11.6 Å². The summed E-state index contributed by atoms with van der Waals surface area (Å²) in [6, 6.07) is 2.25. The first kappa shape index (κ1) is 13.3. The summed E-state index contributed by atoms with van der Waals surface area (Å²) in [6.07, 6.45) is 0. The predicted molar refractivity (Wildman–Crippen MR) is 59.6 cm³/mol. The van der Waals surface area contributed by atoms with Crippen LogP contribution in [-0.2, 0) is 10.0 Å². The van der Waals surface area contributed by atoms with E-state index >= 15 is 0 Å². The maximum atomic E-state index is 13.2. The SMILES string of the molecule is C=C(Br)CNS(=O)(=O)c1ccc(F)cc1F. The molecule has 0 fully saturated rings. The van der Waals surface area contributed by atoms with Crippen LogP contribution in [-0.4, -0.2) is 15.0 Å². The van der Waals surface area contributed by atoms with Gasteiger partial charge in [-0.3, -0.25) is 0 Å². The Morgan fingerprint density at radius 3 is 2.56 bits per heavy atom. The predicted octanol–water partition coefficient (Wildman–Crippen LogP) is 2.15. The molecule has 0 atom stereocenters. The van der Waals surface area contributed by atoms with Crippen LogP contribution in [0.4, 0.5) is 8.78 Å². The number of nitrogens with one attached hydrogen (secondary N) is 1. The van der Waals surface area contributed by atoms with E-state index in [4.69, 9.17) is 0 Å². The summed E-state index contributed by atoms with van der Waals surface area (Å²) in [5.41, 5.74) is 0. The van der Waals surface area contributed by atoms with Crippen molar-refractivity contribution in [3.8, 4) is 0 Å². The molecule has 7 heteroatoms. The third-order valence-corrected chi connectivity index (χ3v) is 3.35. The first-order valence-electron chi connectivity index (χ1n) is 4.11. The van der Waals surface area contributed by atoms with Gasteiger partial charge < -0.3 is 0 Å². The first-order valence-corrected chi connectivity index (χ1v) is 6.38. The van der Waals surface area contributed by atoms with Gasteiger partial charge in [0.25, 0.3) is 0 Å². The van der Waals surface area contributed by atoms with Crippen LogP contribution in [0.5, 0.6) is 0 Å². The van der Waals surface area contributed by atoms with Crippen LogP contribution < -0.4 is 4.72 Å². The molecule has 1 rings (SSSR count). The van der Waals surface area contributed by atoms with E-state index in [0.29, 0.717) is 10.5 Å². The van der Waals surface area contributed by atoms with Gasteiger partial charge in [0.05, 0.1) is 0 Å². The summed E-state index contributed by atoms with van der Waals surface area (Å²) in [4.78, 5) is -0.595. The summed E-state index contributed by atoms with van der Waals surface area (Å²) < 4.78 is 51.3. The minimum absolute atomic E-state index is 0.0703. The van der Waals surface area contributed by atoms with Crippen LogP contribution in [0.3, 0.4) is 0 Å². The summed E-state index contributed by atoms with van der Waals surface area (Å²) in [5, 5.41) is 0. The Labute approximate surface area is 100 Å². The van der Waals surface area contributed by atoms with Crippen LogP contribution in [0.25, 0.3) is 0 Å². The highest BCUT2D eigenvalue weighted by Crippen LogP contribution is 2.15. The van der Waals surface area contributed by atoms with Crippen molar-refractivity contribution in [3.05, 3.63) is 40.9 Å². The second kappa shape index (κ2) is 5.03. The molecule has 0 aliphatic rings. The Morgan fingerprint density at radius 1 is 1.44 bits per heavy atom. The maximum absolute atomic E-state index is 13.2. The van der Waals surface area contributed by atoms with E-state index in [1.54, 1.807) is 0 Å². The van der Waals surface area contributed by atoms with E-state index in [-0.39, 0.29) is 6.54 Å².